The highest BCUT2D eigenvalue weighted by Crippen LogP contribution is 2.41. The lowest BCUT2D eigenvalue weighted by atomic mass is 10.1. The molecule has 0 aromatic carbocycles. The molecular weight excluding hydrogens is 281 g/mol. The largest absolute Gasteiger partial charge is 0.418 e. The Bertz CT molecular complexity index is 543. The molecule has 0 aliphatic heterocycles. The lowest BCUT2D eigenvalue weighted by Gasteiger charge is -2.13. The van der Waals surface area contributed by atoms with Gasteiger partial charge in [0, 0.05) is 6.20 Å². The molecule has 0 atom stereocenters. The van der Waals surface area contributed by atoms with Gasteiger partial charge in [-0.15, -0.1) is 0 Å². The van der Waals surface area contributed by atoms with E-state index in [0.717, 1.165) is 0 Å². The van der Waals surface area contributed by atoms with Gasteiger partial charge in [0.15, 0.2) is 0 Å². The second kappa shape index (κ2) is 4.74. The van der Waals surface area contributed by atoms with E-state index in [1.165, 1.54) is 0 Å². The van der Waals surface area contributed by atoms with Gasteiger partial charge in [0.25, 0.3) is 12.3 Å². The minimum absolute atomic E-state index is 0.0887. The van der Waals surface area contributed by atoms with E-state index in [1.807, 2.05) is 0 Å². The maximum absolute atomic E-state index is 12.6. The van der Waals surface area contributed by atoms with E-state index in [-0.39, 0.29) is 6.20 Å². The van der Waals surface area contributed by atoms with Crippen LogP contribution < -0.4 is 5.73 Å². The van der Waals surface area contributed by atoms with Crippen LogP contribution in [0.4, 0.5) is 27.6 Å². The first-order valence-electron chi connectivity index (χ1n) is 4.39. The molecule has 0 radical (unpaired) electrons. The molecule has 0 unspecified atom stereocenters. The molecule has 1 aromatic heterocycles. The van der Waals surface area contributed by atoms with Crippen LogP contribution in [0.2, 0.25) is 0 Å². The van der Waals surface area contributed by atoms with Gasteiger partial charge in [-0.1, -0.05) is 0 Å². The number of pyridine rings is 1. The zero-order valence-corrected chi connectivity index (χ0v) is 8.74. The lowest BCUT2D eigenvalue weighted by molar-refractivity contribution is -0.387. The monoisotopic (exact) mass is 285 g/mol. The molecule has 0 spiro atoms. The van der Waals surface area contributed by atoms with Crippen LogP contribution >= 0.6 is 0 Å². The van der Waals surface area contributed by atoms with Crippen LogP contribution in [0.5, 0.6) is 0 Å². The van der Waals surface area contributed by atoms with E-state index >= 15 is 0 Å². The molecular formula is C8H4F5N3O3. The summed E-state index contributed by atoms with van der Waals surface area (Å²) in [6.07, 6.45) is -9.19. The van der Waals surface area contributed by atoms with Crippen molar-refractivity contribution in [2.24, 2.45) is 5.73 Å². The summed E-state index contributed by atoms with van der Waals surface area (Å²) >= 11 is 0. The van der Waals surface area contributed by atoms with Crippen LogP contribution in [0.3, 0.4) is 0 Å². The smallest absolute Gasteiger partial charge is 0.364 e. The Labute approximate surface area is 101 Å². The molecule has 0 saturated carbocycles. The van der Waals surface area contributed by atoms with Crippen molar-refractivity contribution in [3.8, 4) is 0 Å². The zero-order chi connectivity index (χ0) is 15.0. The molecule has 6 nitrogen and oxygen atoms in total. The quantitative estimate of drug-likeness (QED) is 0.521. The van der Waals surface area contributed by atoms with Crippen LogP contribution in [0, 0.1) is 10.1 Å². The lowest BCUT2D eigenvalue weighted by Crippen LogP contribution is -2.20. The van der Waals surface area contributed by atoms with Crippen molar-refractivity contribution in [1.82, 2.24) is 4.98 Å². The topological polar surface area (TPSA) is 99.1 Å². The number of carbonyl (C=O) groups is 1. The van der Waals surface area contributed by atoms with Crippen LogP contribution in [0.25, 0.3) is 0 Å². The molecule has 0 bridgehead atoms. The Morgan fingerprint density at radius 2 is 1.95 bits per heavy atom. The van der Waals surface area contributed by atoms with Gasteiger partial charge in [0.05, 0.1) is 10.5 Å². The minimum atomic E-state index is -5.28. The molecule has 0 fully saturated rings. The van der Waals surface area contributed by atoms with Crippen LogP contribution in [-0.4, -0.2) is 15.8 Å². The number of nitrogens with zero attached hydrogens (tertiary/aromatic N) is 2. The summed E-state index contributed by atoms with van der Waals surface area (Å²) in [6.45, 7) is 0. The summed E-state index contributed by atoms with van der Waals surface area (Å²) in [6, 6.07) is 0. The van der Waals surface area contributed by atoms with Crippen molar-refractivity contribution in [3.05, 3.63) is 33.1 Å². The average Bonchev–Trinajstić information content (AvgIpc) is 2.25. The van der Waals surface area contributed by atoms with E-state index in [1.54, 1.807) is 0 Å². The van der Waals surface area contributed by atoms with Gasteiger partial charge in [-0.3, -0.25) is 14.9 Å². The normalized spacial score (nSPS) is 11.7. The van der Waals surface area contributed by atoms with Gasteiger partial charge in [-0.2, -0.15) is 13.2 Å². The number of hydrogen-bond donors (Lipinski definition) is 1. The third-order valence-corrected chi connectivity index (χ3v) is 2.03. The van der Waals surface area contributed by atoms with Gasteiger partial charge in [-0.25, -0.2) is 13.8 Å². The first-order chi connectivity index (χ1) is 8.57. The molecule has 0 aliphatic carbocycles. The first kappa shape index (κ1) is 14.7. The maximum Gasteiger partial charge on any atom is 0.418 e. The Kier molecular flexibility index (Phi) is 3.68. The van der Waals surface area contributed by atoms with E-state index in [0.29, 0.717) is 0 Å². The number of aromatic nitrogens is 1. The first-order valence-corrected chi connectivity index (χ1v) is 4.39. The average molecular weight is 285 g/mol. The Morgan fingerprint density at radius 3 is 2.26 bits per heavy atom. The number of halogens is 5. The Morgan fingerprint density at radius 1 is 1.42 bits per heavy atom. The standard InChI is InChI=1S/C8H4F5N3O3/c9-6(10)3-2(8(11,12)13)1-15-4(7(14)17)5(3)16(18)19/h1,6H,(H2,14,17). The van der Waals surface area contributed by atoms with Gasteiger partial charge in [0.2, 0.25) is 5.69 Å². The highest BCUT2D eigenvalue weighted by Gasteiger charge is 2.42. The van der Waals surface area contributed by atoms with E-state index in [2.05, 4.69) is 10.7 Å². The molecule has 104 valence electrons. The fourth-order valence-corrected chi connectivity index (χ4v) is 1.33. The molecule has 2 N–H and O–H groups in total. The van der Waals surface area contributed by atoms with E-state index < -0.39 is 45.9 Å². The van der Waals surface area contributed by atoms with Crippen molar-refractivity contribution in [3.63, 3.8) is 0 Å². The third-order valence-electron chi connectivity index (χ3n) is 2.03. The molecule has 19 heavy (non-hydrogen) atoms. The number of nitrogens with two attached hydrogens (primary N) is 1. The molecule has 1 heterocycles. The highest BCUT2D eigenvalue weighted by atomic mass is 19.4. The predicted octanol–water partition coefficient (Wildman–Crippen LogP) is 2.05. The van der Waals surface area contributed by atoms with Gasteiger partial charge < -0.3 is 5.73 Å². The number of rotatable bonds is 3. The van der Waals surface area contributed by atoms with E-state index in [9.17, 15) is 36.9 Å². The molecule has 1 aromatic rings. The molecule has 0 aliphatic rings. The van der Waals surface area contributed by atoms with Crippen LogP contribution in [0.15, 0.2) is 6.20 Å². The van der Waals surface area contributed by atoms with Crippen molar-refractivity contribution in [1.29, 1.82) is 0 Å². The van der Waals surface area contributed by atoms with E-state index in [4.69, 9.17) is 0 Å². The van der Waals surface area contributed by atoms with Crippen LogP contribution in [-0.2, 0) is 6.18 Å². The molecule has 1 amide bonds. The minimum Gasteiger partial charge on any atom is -0.364 e. The van der Waals surface area contributed by atoms with Gasteiger partial charge in [-0.05, 0) is 0 Å². The van der Waals surface area contributed by atoms with Gasteiger partial charge >= 0.3 is 11.9 Å². The fraction of sp³-hybridized carbons (Fsp3) is 0.250. The molecule has 1 rings (SSSR count). The Balaban J connectivity index is 3.79. The second-order valence-corrected chi connectivity index (χ2v) is 3.20. The van der Waals surface area contributed by atoms with Crippen molar-refractivity contribution >= 4 is 11.6 Å². The summed E-state index contributed by atoms with van der Waals surface area (Å²) in [7, 11) is 0. The summed E-state index contributed by atoms with van der Waals surface area (Å²) < 4.78 is 62.7. The zero-order valence-electron chi connectivity index (χ0n) is 8.74. The number of amides is 1. The number of primary amides is 1. The third kappa shape index (κ3) is 2.74. The fourth-order valence-electron chi connectivity index (χ4n) is 1.33. The van der Waals surface area contributed by atoms with Crippen molar-refractivity contribution < 1.29 is 31.7 Å². The summed E-state index contributed by atoms with van der Waals surface area (Å²) in [5, 5.41) is 10.6. The van der Waals surface area contributed by atoms with Gasteiger partial charge in [0.1, 0.15) is 5.56 Å². The highest BCUT2D eigenvalue weighted by molar-refractivity contribution is 5.95. The van der Waals surface area contributed by atoms with Crippen molar-refractivity contribution in [2.75, 3.05) is 0 Å². The summed E-state index contributed by atoms with van der Waals surface area (Å²) in [4.78, 5) is 22.7. The maximum atomic E-state index is 12.6. The second-order valence-electron chi connectivity index (χ2n) is 3.20. The molecule has 0 saturated heterocycles. The predicted molar refractivity (Wildman–Crippen MR) is 49.4 cm³/mol. The number of carbonyl (C=O) groups excluding carboxylic acids is 1. The number of hydrogen-bond acceptors (Lipinski definition) is 4. The summed E-state index contributed by atoms with van der Waals surface area (Å²) in [5.41, 5.74) is -2.26. The number of alkyl halides is 5. The number of nitro groups is 1. The molecule has 11 heteroatoms. The Hall–Kier alpha value is -2.33. The van der Waals surface area contributed by atoms with Crippen LogP contribution in [0.1, 0.15) is 28.0 Å². The van der Waals surface area contributed by atoms with Crippen molar-refractivity contribution in [2.45, 2.75) is 12.6 Å². The summed E-state index contributed by atoms with van der Waals surface area (Å²) in [5.74, 6) is -1.58. The SMILES string of the molecule is NC(=O)c1ncc(C(F)(F)F)c(C(F)F)c1[N+](=O)[O-].